The fraction of sp³-hybridized carbons (Fsp3) is 0.474. The van der Waals surface area contributed by atoms with Crippen molar-refractivity contribution in [1.29, 1.82) is 0 Å². The number of nitrogens with zero attached hydrogens (tertiary/aromatic N) is 2. The van der Waals surface area contributed by atoms with E-state index in [9.17, 15) is 9.59 Å². The molecule has 3 rings (SSSR count). The van der Waals surface area contributed by atoms with Crippen molar-refractivity contribution in [3.63, 3.8) is 0 Å². The number of rotatable bonds is 5. The second-order valence-electron chi connectivity index (χ2n) is 6.76. The summed E-state index contributed by atoms with van der Waals surface area (Å²) in [6, 6.07) is 8.21. The summed E-state index contributed by atoms with van der Waals surface area (Å²) in [6.07, 6.45) is 3.11. The zero-order valence-corrected chi connectivity index (χ0v) is 14.6. The van der Waals surface area contributed by atoms with Gasteiger partial charge < -0.3 is 15.4 Å². The lowest BCUT2D eigenvalue weighted by Crippen LogP contribution is -2.33. The number of nitrogens with two attached hydrogens (primary N) is 1. The van der Waals surface area contributed by atoms with Crippen LogP contribution in [0.2, 0.25) is 0 Å². The molecule has 1 saturated heterocycles. The molecule has 0 saturated carbocycles. The first-order chi connectivity index (χ1) is 12.0. The van der Waals surface area contributed by atoms with Gasteiger partial charge in [0.25, 0.3) is 0 Å². The Morgan fingerprint density at radius 1 is 1.32 bits per heavy atom. The van der Waals surface area contributed by atoms with Crippen molar-refractivity contribution in [3.8, 4) is 0 Å². The Bertz CT molecular complexity index is 768. The maximum atomic E-state index is 11.6. The Balaban J connectivity index is 1.68. The van der Waals surface area contributed by atoms with Gasteiger partial charge in [0.15, 0.2) is 0 Å². The van der Waals surface area contributed by atoms with Crippen LogP contribution in [0.15, 0.2) is 30.5 Å². The average Bonchev–Trinajstić information content (AvgIpc) is 2.86. The van der Waals surface area contributed by atoms with Gasteiger partial charge >= 0.3 is 0 Å². The van der Waals surface area contributed by atoms with Crippen LogP contribution in [0.25, 0.3) is 10.9 Å². The summed E-state index contributed by atoms with van der Waals surface area (Å²) >= 11 is 0. The highest BCUT2D eigenvalue weighted by atomic mass is 16.5. The Morgan fingerprint density at radius 3 is 2.92 bits per heavy atom. The van der Waals surface area contributed by atoms with Crippen molar-refractivity contribution < 1.29 is 14.3 Å². The van der Waals surface area contributed by atoms with Crippen LogP contribution in [0.5, 0.6) is 0 Å². The van der Waals surface area contributed by atoms with E-state index < -0.39 is 0 Å². The average molecular weight is 343 g/mol. The smallest absolute Gasteiger partial charge is 0.227 e. The molecule has 0 unspecified atom stereocenters. The molecule has 2 N–H and O–H groups in total. The number of carbonyl (C=O) groups excluding carboxylic acids is 2. The monoisotopic (exact) mass is 343 g/mol. The number of hydrogen-bond donors (Lipinski definition) is 1. The molecule has 1 amide bonds. The zero-order chi connectivity index (χ0) is 17.8. The number of aromatic nitrogens is 1. The minimum absolute atomic E-state index is 0.0185. The second kappa shape index (κ2) is 7.80. The topological polar surface area (TPSA) is 77.6 Å². The molecular formula is C19H25N3O3. The highest BCUT2D eigenvalue weighted by Crippen LogP contribution is 2.21. The molecule has 1 fully saturated rings. The number of benzene rings is 1. The van der Waals surface area contributed by atoms with Gasteiger partial charge in [0.05, 0.1) is 18.7 Å². The van der Waals surface area contributed by atoms with E-state index in [-0.39, 0.29) is 11.8 Å². The van der Waals surface area contributed by atoms with Crippen molar-refractivity contribution in [3.05, 3.63) is 36.0 Å². The Labute approximate surface area is 147 Å². The zero-order valence-electron chi connectivity index (χ0n) is 14.6. The number of amides is 1. The second-order valence-corrected chi connectivity index (χ2v) is 6.76. The third-order valence-corrected chi connectivity index (χ3v) is 4.71. The fourth-order valence-electron chi connectivity index (χ4n) is 3.47. The first-order valence-electron chi connectivity index (χ1n) is 8.72. The minimum atomic E-state index is -0.262. The molecule has 0 radical (unpaired) electrons. The summed E-state index contributed by atoms with van der Waals surface area (Å²) in [4.78, 5) is 24.9. The maximum absolute atomic E-state index is 11.6. The highest BCUT2D eigenvalue weighted by molar-refractivity contribution is 5.91. The van der Waals surface area contributed by atoms with Gasteiger partial charge in [0, 0.05) is 44.6 Å². The van der Waals surface area contributed by atoms with Crippen molar-refractivity contribution >= 4 is 22.7 Å². The van der Waals surface area contributed by atoms with Crippen LogP contribution in [-0.2, 0) is 16.0 Å². The maximum Gasteiger partial charge on any atom is 0.227 e. The van der Waals surface area contributed by atoms with E-state index in [0.29, 0.717) is 25.5 Å². The van der Waals surface area contributed by atoms with Gasteiger partial charge in [0.2, 0.25) is 11.8 Å². The van der Waals surface area contributed by atoms with Crippen LogP contribution in [-0.4, -0.2) is 54.1 Å². The molecule has 0 aliphatic carbocycles. The summed E-state index contributed by atoms with van der Waals surface area (Å²) in [5, 5.41) is 1.08. The van der Waals surface area contributed by atoms with Crippen LogP contribution in [0.4, 0.5) is 0 Å². The summed E-state index contributed by atoms with van der Waals surface area (Å²) in [5.74, 6) is 0.134. The lowest BCUT2D eigenvalue weighted by molar-refractivity contribution is -0.118. The van der Waals surface area contributed by atoms with Crippen molar-refractivity contribution in [2.75, 3.05) is 32.8 Å². The van der Waals surface area contributed by atoms with Crippen LogP contribution < -0.4 is 5.73 Å². The molecule has 2 heterocycles. The van der Waals surface area contributed by atoms with Gasteiger partial charge in [-0.2, -0.15) is 0 Å². The molecule has 6 heteroatoms. The fourth-order valence-corrected chi connectivity index (χ4v) is 3.47. The molecule has 134 valence electrons. The quantitative estimate of drug-likeness (QED) is 0.896. The van der Waals surface area contributed by atoms with Gasteiger partial charge in [-0.3, -0.25) is 14.2 Å². The van der Waals surface area contributed by atoms with Gasteiger partial charge in [0.1, 0.15) is 0 Å². The molecule has 1 atom stereocenters. The molecule has 0 spiro atoms. The van der Waals surface area contributed by atoms with E-state index >= 15 is 0 Å². The predicted molar refractivity (Wildman–Crippen MR) is 96.5 cm³/mol. The first kappa shape index (κ1) is 17.6. The Hall–Kier alpha value is -2.18. The van der Waals surface area contributed by atoms with Crippen molar-refractivity contribution in [2.45, 2.75) is 19.8 Å². The van der Waals surface area contributed by atoms with E-state index in [0.717, 1.165) is 37.0 Å². The first-order valence-corrected chi connectivity index (χ1v) is 8.72. The third-order valence-electron chi connectivity index (χ3n) is 4.71. The summed E-state index contributed by atoms with van der Waals surface area (Å²) in [6.45, 7) is 5.41. The Kier molecular flexibility index (Phi) is 5.50. The van der Waals surface area contributed by atoms with Gasteiger partial charge in [-0.15, -0.1) is 0 Å². The van der Waals surface area contributed by atoms with E-state index in [1.807, 2.05) is 18.3 Å². The molecule has 0 bridgehead atoms. The number of ether oxygens (including phenoxy) is 1. The molecule has 6 nitrogen and oxygen atoms in total. The minimum Gasteiger partial charge on any atom is -0.380 e. The van der Waals surface area contributed by atoms with Crippen LogP contribution in [0.1, 0.15) is 23.7 Å². The van der Waals surface area contributed by atoms with Gasteiger partial charge in [-0.05, 0) is 36.1 Å². The van der Waals surface area contributed by atoms with Gasteiger partial charge in [-0.25, -0.2) is 0 Å². The van der Waals surface area contributed by atoms with E-state index in [1.165, 1.54) is 5.56 Å². The lowest BCUT2D eigenvalue weighted by atomic mass is 9.98. The predicted octanol–water partition coefficient (Wildman–Crippen LogP) is 1.67. The van der Waals surface area contributed by atoms with Gasteiger partial charge in [-0.1, -0.05) is 6.07 Å². The summed E-state index contributed by atoms with van der Waals surface area (Å²) < 4.78 is 7.40. The largest absolute Gasteiger partial charge is 0.380 e. The molecule has 2 aromatic rings. The SMILES string of the molecule is CC(=O)n1ccc2cc(C[C@H]3COCCN(CCC(N)=O)C3)ccc21. The van der Waals surface area contributed by atoms with Crippen LogP contribution in [0.3, 0.4) is 0 Å². The van der Waals surface area contributed by atoms with Crippen molar-refractivity contribution in [1.82, 2.24) is 9.47 Å². The number of hydrogen-bond acceptors (Lipinski definition) is 4. The summed E-state index contributed by atoms with van der Waals surface area (Å²) in [7, 11) is 0. The van der Waals surface area contributed by atoms with Crippen LogP contribution in [0, 0.1) is 5.92 Å². The standard InChI is InChI=1S/C19H25N3O3/c1-14(23)22-7-4-17-11-15(2-3-18(17)22)10-16-12-21(6-5-19(20)24)8-9-25-13-16/h2-4,7,11,16H,5-6,8-10,12-13H2,1H3,(H2,20,24)/t16-/m1/s1. The molecule has 1 aromatic carbocycles. The van der Waals surface area contributed by atoms with Crippen molar-refractivity contribution in [2.24, 2.45) is 11.7 Å². The molecule has 1 aliphatic rings. The Morgan fingerprint density at radius 2 is 2.16 bits per heavy atom. The molecule has 1 aliphatic heterocycles. The highest BCUT2D eigenvalue weighted by Gasteiger charge is 2.19. The number of carbonyl (C=O) groups is 2. The number of fused-ring (bicyclic) bond motifs is 1. The van der Waals surface area contributed by atoms with E-state index in [1.54, 1.807) is 11.5 Å². The molecule has 1 aromatic heterocycles. The normalized spacial score (nSPS) is 19.0. The molecular weight excluding hydrogens is 318 g/mol. The number of primary amides is 1. The lowest BCUT2D eigenvalue weighted by Gasteiger charge is -2.22. The third kappa shape index (κ3) is 4.46. The summed E-state index contributed by atoms with van der Waals surface area (Å²) in [5.41, 5.74) is 7.44. The van der Waals surface area contributed by atoms with Crippen LogP contribution >= 0.6 is 0 Å². The van der Waals surface area contributed by atoms with E-state index in [4.69, 9.17) is 10.5 Å². The van der Waals surface area contributed by atoms with E-state index in [2.05, 4.69) is 17.0 Å². The molecule has 25 heavy (non-hydrogen) atoms.